The molecule has 0 amide bonds. The van der Waals surface area contributed by atoms with E-state index in [4.69, 9.17) is 5.11 Å². The molecule has 112 valence electrons. The van der Waals surface area contributed by atoms with Crippen LogP contribution < -0.4 is 0 Å². The third-order valence-electron chi connectivity index (χ3n) is 4.61. The summed E-state index contributed by atoms with van der Waals surface area (Å²) in [5, 5.41) is 38.8. The Morgan fingerprint density at radius 2 is 2.05 bits per heavy atom. The van der Waals surface area contributed by atoms with E-state index in [-0.39, 0.29) is 36.5 Å². The molecule has 2 saturated carbocycles. The van der Waals surface area contributed by atoms with Crippen LogP contribution in [0.1, 0.15) is 32.6 Å². The standard InChI is InChI=1S/C15H22O5/c1-2-3-4-5-10(16)15(20)14-9-6-11(17)8(13(9)14)7-12(18)19/h8-11,13-17,20H,2,5-7H2,1H3,(H,18,19)/t8?,9?,10?,11?,13?,14?,15-/m0/s1. The maximum atomic E-state index is 10.8. The second-order valence-electron chi connectivity index (χ2n) is 5.85. The summed E-state index contributed by atoms with van der Waals surface area (Å²) in [6.45, 7) is 1.92. The molecule has 5 nitrogen and oxygen atoms in total. The van der Waals surface area contributed by atoms with E-state index in [0.717, 1.165) is 0 Å². The van der Waals surface area contributed by atoms with Gasteiger partial charge in [0, 0.05) is 12.8 Å². The van der Waals surface area contributed by atoms with Gasteiger partial charge in [0.2, 0.25) is 0 Å². The third-order valence-corrected chi connectivity index (χ3v) is 4.61. The topological polar surface area (TPSA) is 98.0 Å². The minimum Gasteiger partial charge on any atom is -0.481 e. The highest BCUT2D eigenvalue weighted by Crippen LogP contribution is 2.63. The fourth-order valence-electron chi connectivity index (χ4n) is 3.69. The first kappa shape index (κ1) is 15.3. The third kappa shape index (κ3) is 2.98. The van der Waals surface area contributed by atoms with Crippen molar-refractivity contribution in [2.75, 3.05) is 0 Å². The molecule has 0 spiro atoms. The summed E-state index contributed by atoms with van der Waals surface area (Å²) in [6.07, 6.45) is -0.968. The fraction of sp³-hybridized carbons (Fsp3) is 0.800. The van der Waals surface area contributed by atoms with E-state index in [1.54, 1.807) is 0 Å². The number of aliphatic carboxylic acids is 1. The number of fused-ring (bicyclic) bond motifs is 1. The minimum atomic E-state index is -0.927. The zero-order chi connectivity index (χ0) is 14.9. The van der Waals surface area contributed by atoms with Gasteiger partial charge < -0.3 is 20.4 Å². The van der Waals surface area contributed by atoms with Gasteiger partial charge in [-0.05, 0) is 30.1 Å². The molecule has 0 heterocycles. The molecule has 2 fully saturated rings. The Morgan fingerprint density at radius 1 is 1.35 bits per heavy atom. The number of aliphatic hydroxyl groups is 3. The van der Waals surface area contributed by atoms with Gasteiger partial charge in [0.25, 0.3) is 0 Å². The maximum Gasteiger partial charge on any atom is 0.303 e. The van der Waals surface area contributed by atoms with E-state index in [2.05, 4.69) is 11.8 Å². The van der Waals surface area contributed by atoms with Gasteiger partial charge in [-0.15, -0.1) is 11.8 Å². The molecule has 0 aliphatic heterocycles. The van der Waals surface area contributed by atoms with E-state index in [1.807, 2.05) is 6.92 Å². The Hall–Kier alpha value is -1.09. The van der Waals surface area contributed by atoms with Crippen LogP contribution in [0, 0.1) is 35.5 Å². The first-order valence-electron chi connectivity index (χ1n) is 7.19. The minimum absolute atomic E-state index is 0.0184. The summed E-state index contributed by atoms with van der Waals surface area (Å²) in [7, 11) is 0. The first-order chi connectivity index (χ1) is 9.47. The Kier molecular flexibility index (Phi) is 4.69. The zero-order valence-electron chi connectivity index (χ0n) is 11.6. The van der Waals surface area contributed by atoms with Crippen molar-refractivity contribution in [3.8, 4) is 11.8 Å². The van der Waals surface area contributed by atoms with E-state index in [0.29, 0.717) is 12.8 Å². The zero-order valence-corrected chi connectivity index (χ0v) is 11.6. The number of carboxylic acids is 1. The van der Waals surface area contributed by atoms with Crippen molar-refractivity contribution in [1.82, 2.24) is 0 Å². The van der Waals surface area contributed by atoms with E-state index in [9.17, 15) is 20.1 Å². The van der Waals surface area contributed by atoms with Crippen molar-refractivity contribution in [3.63, 3.8) is 0 Å². The molecule has 2 aliphatic rings. The van der Waals surface area contributed by atoms with Crippen molar-refractivity contribution in [2.45, 2.75) is 50.9 Å². The van der Waals surface area contributed by atoms with Crippen molar-refractivity contribution in [3.05, 3.63) is 0 Å². The van der Waals surface area contributed by atoms with Crippen molar-refractivity contribution in [1.29, 1.82) is 0 Å². The molecule has 4 N–H and O–H groups in total. The highest BCUT2D eigenvalue weighted by Gasteiger charge is 2.64. The number of aliphatic hydroxyl groups excluding tert-OH is 3. The first-order valence-corrected chi connectivity index (χ1v) is 7.19. The van der Waals surface area contributed by atoms with Crippen LogP contribution in [0.3, 0.4) is 0 Å². The molecule has 0 aromatic rings. The molecule has 0 aromatic heterocycles. The monoisotopic (exact) mass is 282 g/mol. The van der Waals surface area contributed by atoms with Crippen molar-refractivity contribution >= 4 is 5.97 Å². The molecule has 20 heavy (non-hydrogen) atoms. The average Bonchev–Trinajstić information content (AvgIpc) is 2.99. The van der Waals surface area contributed by atoms with Gasteiger partial charge in [0.15, 0.2) is 0 Å². The van der Waals surface area contributed by atoms with Crippen LogP contribution in [0.2, 0.25) is 0 Å². The summed E-state index contributed by atoms with van der Waals surface area (Å²) in [5.74, 6) is 4.49. The van der Waals surface area contributed by atoms with Crippen LogP contribution in [0.25, 0.3) is 0 Å². The molecular weight excluding hydrogens is 260 g/mol. The Labute approximate surface area is 118 Å². The smallest absolute Gasteiger partial charge is 0.303 e. The van der Waals surface area contributed by atoms with Gasteiger partial charge >= 0.3 is 5.97 Å². The van der Waals surface area contributed by atoms with Crippen molar-refractivity contribution in [2.24, 2.45) is 23.7 Å². The van der Waals surface area contributed by atoms with E-state index in [1.165, 1.54) is 0 Å². The van der Waals surface area contributed by atoms with Crippen molar-refractivity contribution < 1.29 is 25.2 Å². The number of hydrogen-bond acceptors (Lipinski definition) is 4. The molecule has 6 unspecified atom stereocenters. The molecule has 2 aliphatic carbocycles. The lowest BCUT2D eigenvalue weighted by Crippen LogP contribution is -2.32. The van der Waals surface area contributed by atoms with Crippen LogP contribution >= 0.6 is 0 Å². The normalized spacial score (nSPS) is 37.5. The van der Waals surface area contributed by atoms with E-state index >= 15 is 0 Å². The Bertz CT molecular complexity index is 424. The predicted octanol–water partition coefficient (Wildman–Crippen LogP) is 0.229. The number of hydrogen-bond donors (Lipinski definition) is 4. The summed E-state index contributed by atoms with van der Waals surface area (Å²) in [4.78, 5) is 10.8. The number of carbonyl (C=O) groups is 1. The number of carboxylic acid groups (broad SMARTS) is 1. The molecule has 0 bridgehead atoms. The molecular formula is C15H22O5. The molecule has 0 aromatic carbocycles. The van der Waals surface area contributed by atoms with Crippen LogP contribution in [0.5, 0.6) is 0 Å². The molecule has 5 heteroatoms. The molecule has 0 saturated heterocycles. The largest absolute Gasteiger partial charge is 0.481 e. The van der Waals surface area contributed by atoms with Gasteiger partial charge in [0.1, 0.15) is 0 Å². The van der Waals surface area contributed by atoms with Gasteiger partial charge in [-0.2, -0.15) is 0 Å². The van der Waals surface area contributed by atoms with Gasteiger partial charge in [-0.1, -0.05) is 6.92 Å². The lowest BCUT2D eigenvalue weighted by atomic mass is 9.90. The SMILES string of the molecule is CCC#CCC(O)[C@H](O)C1C2CC(O)C(CC(=O)O)C21. The number of rotatable bonds is 5. The van der Waals surface area contributed by atoms with E-state index < -0.39 is 24.3 Å². The van der Waals surface area contributed by atoms with Crippen LogP contribution in [0.4, 0.5) is 0 Å². The Morgan fingerprint density at radius 3 is 2.65 bits per heavy atom. The fourth-order valence-corrected chi connectivity index (χ4v) is 3.69. The van der Waals surface area contributed by atoms with Crippen LogP contribution in [-0.4, -0.2) is 44.7 Å². The Balaban J connectivity index is 1.91. The van der Waals surface area contributed by atoms with Gasteiger partial charge in [-0.25, -0.2) is 0 Å². The summed E-state index contributed by atoms with van der Waals surface area (Å²) >= 11 is 0. The predicted molar refractivity (Wildman–Crippen MR) is 71.5 cm³/mol. The quantitative estimate of drug-likeness (QED) is 0.541. The highest BCUT2D eigenvalue weighted by atomic mass is 16.4. The summed E-state index contributed by atoms with van der Waals surface area (Å²) in [5.41, 5.74) is 0. The molecule has 7 atom stereocenters. The lowest BCUT2D eigenvalue weighted by molar-refractivity contribution is -0.139. The van der Waals surface area contributed by atoms with Gasteiger partial charge in [0.05, 0.1) is 24.7 Å². The molecule has 2 rings (SSSR count). The second-order valence-corrected chi connectivity index (χ2v) is 5.85. The summed E-state index contributed by atoms with van der Waals surface area (Å²) < 4.78 is 0. The van der Waals surface area contributed by atoms with Crippen LogP contribution in [-0.2, 0) is 4.79 Å². The lowest BCUT2D eigenvalue weighted by Gasteiger charge is -2.22. The van der Waals surface area contributed by atoms with Gasteiger partial charge in [-0.3, -0.25) is 4.79 Å². The summed E-state index contributed by atoms with van der Waals surface area (Å²) in [6, 6.07) is 0. The average molecular weight is 282 g/mol. The highest BCUT2D eigenvalue weighted by molar-refractivity contribution is 5.67. The maximum absolute atomic E-state index is 10.8. The molecule has 0 radical (unpaired) electrons. The second kappa shape index (κ2) is 6.13. The van der Waals surface area contributed by atoms with Crippen LogP contribution in [0.15, 0.2) is 0 Å².